The van der Waals surface area contributed by atoms with Crippen LogP contribution in [-0.4, -0.2) is 29.6 Å². The first-order valence-electron chi connectivity index (χ1n) is 4.69. The van der Waals surface area contributed by atoms with Gasteiger partial charge in [-0.05, 0) is 31.6 Å². The highest BCUT2D eigenvalue weighted by Crippen LogP contribution is 2.32. The fraction of sp³-hybridized carbons (Fsp3) is 0.889. The van der Waals surface area contributed by atoms with Crippen molar-refractivity contribution in [2.24, 2.45) is 5.92 Å². The van der Waals surface area contributed by atoms with Crippen molar-refractivity contribution in [3.8, 4) is 0 Å². The van der Waals surface area contributed by atoms with E-state index in [9.17, 15) is 9.90 Å². The standard InChI is InChI=1S/C9H15NO2/c11-5-7-3-6-1-2-8(12)4-9(6)10-7/h5-10,12H,1-4H2. The summed E-state index contributed by atoms with van der Waals surface area (Å²) in [5, 5.41) is 12.6. The van der Waals surface area contributed by atoms with Gasteiger partial charge in [-0.25, -0.2) is 0 Å². The Hall–Kier alpha value is -0.410. The summed E-state index contributed by atoms with van der Waals surface area (Å²) in [6.07, 6.45) is 4.63. The van der Waals surface area contributed by atoms with E-state index in [1.807, 2.05) is 0 Å². The molecule has 0 amide bonds. The molecular weight excluding hydrogens is 154 g/mol. The van der Waals surface area contributed by atoms with Crippen LogP contribution in [0.15, 0.2) is 0 Å². The smallest absolute Gasteiger partial charge is 0.136 e. The number of carbonyl (C=O) groups is 1. The molecule has 1 heterocycles. The molecule has 4 atom stereocenters. The summed E-state index contributed by atoms with van der Waals surface area (Å²) in [6.45, 7) is 0. The maximum atomic E-state index is 10.5. The van der Waals surface area contributed by atoms with Gasteiger partial charge in [-0.2, -0.15) is 0 Å². The van der Waals surface area contributed by atoms with Gasteiger partial charge in [0, 0.05) is 6.04 Å². The molecule has 1 saturated heterocycles. The molecule has 0 radical (unpaired) electrons. The number of rotatable bonds is 1. The second kappa shape index (κ2) is 3.15. The lowest BCUT2D eigenvalue weighted by molar-refractivity contribution is -0.109. The van der Waals surface area contributed by atoms with Crippen LogP contribution in [0.3, 0.4) is 0 Å². The third-order valence-electron chi connectivity index (χ3n) is 3.11. The molecule has 0 aromatic carbocycles. The summed E-state index contributed by atoms with van der Waals surface area (Å²) in [4.78, 5) is 10.5. The largest absolute Gasteiger partial charge is 0.393 e. The van der Waals surface area contributed by atoms with E-state index in [-0.39, 0.29) is 12.1 Å². The van der Waals surface area contributed by atoms with E-state index in [0.717, 1.165) is 32.0 Å². The zero-order chi connectivity index (χ0) is 8.55. The molecule has 68 valence electrons. The van der Waals surface area contributed by atoms with Crippen molar-refractivity contribution in [2.45, 2.75) is 43.9 Å². The first-order valence-corrected chi connectivity index (χ1v) is 4.69. The molecule has 2 aliphatic rings. The van der Waals surface area contributed by atoms with Crippen LogP contribution in [0, 0.1) is 5.92 Å². The Balaban J connectivity index is 1.97. The van der Waals surface area contributed by atoms with Gasteiger partial charge in [-0.15, -0.1) is 0 Å². The molecule has 12 heavy (non-hydrogen) atoms. The Labute approximate surface area is 72.2 Å². The summed E-state index contributed by atoms with van der Waals surface area (Å²) in [5.74, 6) is 0.628. The highest BCUT2D eigenvalue weighted by Gasteiger charge is 2.37. The number of nitrogens with one attached hydrogen (secondary N) is 1. The Kier molecular flexibility index (Phi) is 2.15. The predicted molar refractivity (Wildman–Crippen MR) is 44.7 cm³/mol. The van der Waals surface area contributed by atoms with Gasteiger partial charge in [0.2, 0.25) is 0 Å². The zero-order valence-corrected chi connectivity index (χ0v) is 7.07. The minimum atomic E-state index is -0.149. The highest BCUT2D eigenvalue weighted by molar-refractivity contribution is 5.58. The van der Waals surface area contributed by atoms with E-state index < -0.39 is 0 Å². The van der Waals surface area contributed by atoms with Crippen molar-refractivity contribution in [1.29, 1.82) is 0 Å². The zero-order valence-electron chi connectivity index (χ0n) is 7.07. The van der Waals surface area contributed by atoms with Gasteiger partial charge >= 0.3 is 0 Å². The van der Waals surface area contributed by atoms with Crippen molar-refractivity contribution < 1.29 is 9.90 Å². The van der Waals surface area contributed by atoms with E-state index >= 15 is 0 Å². The van der Waals surface area contributed by atoms with Gasteiger partial charge in [-0.1, -0.05) is 0 Å². The van der Waals surface area contributed by atoms with Crippen LogP contribution >= 0.6 is 0 Å². The first-order chi connectivity index (χ1) is 5.79. The van der Waals surface area contributed by atoms with Crippen LogP contribution in [0.2, 0.25) is 0 Å². The van der Waals surface area contributed by atoms with E-state index in [1.165, 1.54) is 0 Å². The van der Waals surface area contributed by atoms with E-state index in [0.29, 0.717) is 12.0 Å². The Morgan fingerprint density at radius 3 is 2.92 bits per heavy atom. The Morgan fingerprint density at radius 1 is 1.33 bits per heavy atom. The van der Waals surface area contributed by atoms with Crippen LogP contribution in [0.1, 0.15) is 25.7 Å². The second-order valence-electron chi connectivity index (χ2n) is 3.98. The molecule has 2 N–H and O–H groups in total. The van der Waals surface area contributed by atoms with Crippen molar-refractivity contribution in [2.75, 3.05) is 0 Å². The number of aliphatic hydroxyl groups is 1. The maximum absolute atomic E-state index is 10.5. The van der Waals surface area contributed by atoms with Crippen LogP contribution in [0.5, 0.6) is 0 Å². The van der Waals surface area contributed by atoms with Gasteiger partial charge < -0.3 is 15.2 Å². The van der Waals surface area contributed by atoms with Crippen molar-refractivity contribution in [1.82, 2.24) is 5.32 Å². The van der Waals surface area contributed by atoms with Gasteiger partial charge in [0.05, 0.1) is 12.1 Å². The first kappa shape index (κ1) is 8.20. The van der Waals surface area contributed by atoms with Crippen molar-refractivity contribution in [3.05, 3.63) is 0 Å². The van der Waals surface area contributed by atoms with Gasteiger partial charge in [0.25, 0.3) is 0 Å². The van der Waals surface area contributed by atoms with Gasteiger partial charge in [0.15, 0.2) is 0 Å². The molecule has 2 rings (SSSR count). The van der Waals surface area contributed by atoms with E-state index in [4.69, 9.17) is 0 Å². The third kappa shape index (κ3) is 1.39. The molecule has 3 heteroatoms. The molecule has 1 saturated carbocycles. The average Bonchev–Trinajstić information content (AvgIpc) is 2.46. The summed E-state index contributed by atoms with van der Waals surface area (Å²) in [7, 11) is 0. The van der Waals surface area contributed by atoms with Crippen LogP contribution < -0.4 is 5.32 Å². The third-order valence-corrected chi connectivity index (χ3v) is 3.11. The number of hydrogen-bond acceptors (Lipinski definition) is 3. The molecule has 0 aromatic heterocycles. The van der Waals surface area contributed by atoms with Crippen LogP contribution in [0.4, 0.5) is 0 Å². The number of fused-ring (bicyclic) bond motifs is 1. The van der Waals surface area contributed by atoms with E-state index in [2.05, 4.69) is 5.32 Å². The second-order valence-corrected chi connectivity index (χ2v) is 3.98. The summed E-state index contributed by atoms with van der Waals surface area (Å²) in [5.41, 5.74) is 0. The summed E-state index contributed by atoms with van der Waals surface area (Å²) >= 11 is 0. The normalized spacial score (nSPS) is 47.1. The molecular formula is C9H15NO2. The lowest BCUT2D eigenvalue weighted by atomic mass is 9.83. The lowest BCUT2D eigenvalue weighted by Crippen LogP contribution is -2.38. The molecule has 1 aliphatic heterocycles. The van der Waals surface area contributed by atoms with Crippen LogP contribution in [-0.2, 0) is 4.79 Å². The molecule has 3 nitrogen and oxygen atoms in total. The van der Waals surface area contributed by atoms with Crippen molar-refractivity contribution in [3.63, 3.8) is 0 Å². The quantitative estimate of drug-likeness (QED) is 0.546. The number of aldehydes is 1. The SMILES string of the molecule is O=CC1CC2CCC(O)CC2N1. The summed E-state index contributed by atoms with van der Waals surface area (Å²) in [6, 6.07) is 0.439. The number of aliphatic hydroxyl groups excluding tert-OH is 1. The maximum Gasteiger partial charge on any atom is 0.136 e. The monoisotopic (exact) mass is 169 g/mol. The highest BCUT2D eigenvalue weighted by atomic mass is 16.3. The lowest BCUT2D eigenvalue weighted by Gasteiger charge is -2.28. The minimum absolute atomic E-state index is 0.0466. The fourth-order valence-corrected chi connectivity index (χ4v) is 2.46. The minimum Gasteiger partial charge on any atom is -0.393 e. The molecule has 4 unspecified atom stereocenters. The van der Waals surface area contributed by atoms with Gasteiger partial charge in [-0.3, -0.25) is 0 Å². The summed E-state index contributed by atoms with van der Waals surface area (Å²) < 4.78 is 0. The Bertz CT molecular complexity index is 183. The molecule has 0 spiro atoms. The molecule has 0 bridgehead atoms. The predicted octanol–water partition coefficient (Wildman–Crippen LogP) is 0.0768. The van der Waals surface area contributed by atoms with E-state index in [1.54, 1.807) is 0 Å². The Morgan fingerprint density at radius 2 is 2.17 bits per heavy atom. The number of carbonyl (C=O) groups excluding carboxylic acids is 1. The topological polar surface area (TPSA) is 49.3 Å². The molecule has 1 aliphatic carbocycles. The molecule has 0 aromatic rings. The van der Waals surface area contributed by atoms with Crippen molar-refractivity contribution >= 4 is 6.29 Å². The number of hydrogen-bond donors (Lipinski definition) is 2. The fourth-order valence-electron chi connectivity index (χ4n) is 2.46. The average molecular weight is 169 g/mol. The molecule has 2 fully saturated rings. The van der Waals surface area contributed by atoms with Crippen LogP contribution in [0.25, 0.3) is 0 Å². The van der Waals surface area contributed by atoms with Gasteiger partial charge in [0.1, 0.15) is 6.29 Å².